The van der Waals surface area contributed by atoms with E-state index in [1.807, 2.05) is 41.5 Å². The van der Waals surface area contributed by atoms with Crippen LogP contribution in [0.5, 0.6) is 11.5 Å². The van der Waals surface area contributed by atoms with E-state index in [1.165, 1.54) is 40.5 Å². The molecule has 0 spiro atoms. The Morgan fingerprint density at radius 2 is 1.71 bits per heavy atom. The Morgan fingerprint density at radius 3 is 2.37 bits per heavy atom. The maximum Gasteiger partial charge on any atom is 0.407 e. The van der Waals surface area contributed by atoms with Crippen LogP contribution in [0.15, 0.2) is 89.8 Å². The summed E-state index contributed by atoms with van der Waals surface area (Å²) in [6.45, 7) is 11.8. The van der Waals surface area contributed by atoms with E-state index < -0.39 is 57.3 Å². The Balaban J connectivity index is 1.10. The number of nitrogens with one attached hydrogen (secondary N) is 1. The average Bonchev–Trinajstić information content (AvgIpc) is 3.99. The number of carbonyl (C=O) groups excluding carboxylic acids is 1. The summed E-state index contributed by atoms with van der Waals surface area (Å²) in [5, 5.41) is 27.8. The van der Waals surface area contributed by atoms with Crippen LogP contribution >= 0.6 is 0 Å². The van der Waals surface area contributed by atoms with Crippen LogP contribution in [0.2, 0.25) is 0 Å². The first-order chi connectivity index (χ1) is 30.8. The third-order valence-electron chi connectivity index (χ3n) is 11.5. The van der Waals surface area contributed by atoms with Crippen LogP contribution in [0.25, 0.3) is 22.5 Å². The predicted octanol–water partition coefficient (Wildman–Crippen LogP) is 7.12. The molecular weight excluding hydrogens is 863 g/mol. The van der Waals surface area contributed by atoms with Crippen LogP contribution in [0.1, 0.15) is 59.1 Å². The third-order valence-corrected chi connectivity index (χ3v) is 13.4. The smallest absolute Gasteiger partial charge is 0.407 e. The number of rotatable bonds is 17. The molecule has 0 aliphatic carbocycles. The Morgan fingerprint density at radius 1 is 0.985 bits per heavy atom. The van der Waals surface area contributed by atoms with Gasteiger partial charge in [0.15, 0.2) is 5.79 Å². The molecular formula is C47H56F2N6O9S. The quantitative estimate of drug-likeness (QED) is 0.0967. The highest BCUT2D eigenvalue weighted by molar-refractivity contribution is 7.89. The van der Waals surface area contributed by atoms with Gasteiger partial charge in [0, 0.05) is 35.8 Å². The number of ether oxygens (including phenoxy) is 5. The molecule has 15 nitrogen and oxygen atoms in total. The van der Waals surface area contributed by atoms with Crippen molar-refractivity contribution >= 4 is 16.1 Å². The number of aliphatic hydroxyl groups excluding tert-OH is 1. The number of halogens is 2. The normalized spacial score (nSPS) is 19.6. The average molecular weight is 919 g/mol. The number of fused-ring (bicyclic) bond motifs is 1. The first-order valence-electron chi connectivity index (χ1n) is 21.5. The minimum atomic E-state index is -4.08. The summed E-state index contributed by atoms with van der Waals surface area (Å²) >= 11 is 0. The Kier molecular flexibility index (Phi) is 14.2. The molecule has 2 aliphatic rings. The van der Waals surface area contributed by atoms with Crippen LogP contribution in [0.3, 0.4) is 0 Å². The van der Waals surface area contributed by atoms with Gasteiger partial charge in [0.2, 0.25) is 15.8 Å². The highest BCUT2D eigenvalue weighted by atomic mass is 32.2. The summed E-state index contributed by atoms with van der Waals surface area (Å²) in [7, 11) is -2.59. The van der Waals surface area contributed by atoms with Gasteiger partial charge in [0.1, 0.15) is 35.8 Å². The van der Waals surface area contributed by atoms with E-state index in [9.17, 15) is 27.1 Å². The lowest BCUT2D eigenvalue weighted by atomic mass is 9.96. The van der Waals surface area contributed by atoms with E-state index in [-0.39, 0.29) is 55.0 Å². The molecule has 0 saturated carbocycles. The van der Waals surface area contributed by atoms with Gasteiger partial charge < -0.3 is 34.1 Å². The van der Waals surface area contributed by atoms with Crippen LogP contribution in [0.4, 0.5) is 13.6 Å². The number of alkyl carbamates (subject to hydrolysis) is 1. The predicted molar refractivity (Wildman–Crippen MR) is 236 cm³/mol. The number of hydrogen-bond acceptors (Lipinski definition) is 12. The van der Waals surface area contributed by atoms with Gasteiger partial charge in [-0.05, 0) is 117 Å². The number of methoxy groups -OCH3 is 1. The number of amides is 1. The first-order valence-corrected chi connectivity index (χ1v) is 23.0. The van der Waals surface area contributed by atoms with Gasteiger partial charge in [-0.25, -0.2) is 22.0 Å². The monoisotopic (exact) mass is 918 g/mol. The summed E-state index contributed by atoms with van der Waals surface area (Å²) in [4.78, 5) is 15.1. The molecule has 2 N–H and O–H groups in total. The SMILES string of the molecule is COc1ccc(S(=O)(=O)N(CC(C)C)C[C@@H](O)[C@H](Cc2ccc(OCc3ccc(-c4ccc(F)cc4F)cc3-c3nnn(C(C)(C)C)n3)cc2)NC(=O)O[C@H]2CO[C@@]3(C)OCC[C@@H]23)cc1. The second kappa shape index (κ2) is 19.5. The van der Waals surface area contributed by atoms with E-state index in [1.54, 1.807) is 54.6 Å². The van der Waals surface area contributed by atoms with Crippen LogP contribution < -0.4 is 14.8 Å². The maximum atomic E-state index is 14.9. The highest BCUT2D eigenvalue weighted by Gasteiger charge is 2.53. The van der Waals surface area contributed by atoms with Crippen molar-refractivity contribution in [2.45, 2.75) is 95.5 Å². The first kappa shape index (κ1) is 47.4. The molecule has 2 aliphatic heterocycles. The van der Waals surface area contributed by atoms with Gasteiger partial charge in [0.25, 0.3) is 0 Å². The lowest BCUT2D eigenvalue weighted by Gasteiger charge is -2.31. The molecule has 3 heterocycles. The van der Waals surface area contributed by atoms with E-state index in [0.29, 0.717) is 52.6 Å². The maximum absolute atomic E-state index is 14.9. The summed E-state index contributed by atoms with van der Waals surface area (Å²) < 4.78 is 86.8. The molecule has 348 valence electrons. The molecule has 65 heavy (non-hydrogen) atoms. The van der Waals surface area contributed by atoms with E-state index in [2.05, 4.69) is 20.7 Å². The third kappa shape index (κ3) is 11.1. The topological polar surface area (TPSA) is 176 Å². The molecule has 1 amide bonds. The molecule has 2 saturated heterocycles. The minimum Gasteiger partial charge on any atom is -0.497 e. The molecule has 18 heteroatoms. The fraction of sp³-hybridized carbons (Fsp3) is 0.447. The van der Waals surface area contributed by atoms with Crippen molar-refractivity contribution in [1.82, 2.24) is 29.8 Å². The van der Waals surface area contributed by atoms with Crippen molar-refractivity contribution in [2.24, 2.45) is 11.8 Å². The molecule has 5 aromatic rings. The van der Waals surface area contributed by atoms with Crippen molar-refractivity contribution < 1.29 is 50.8 Å². The molecule has 0 radical (unpaired) electrons. The zero-order valence-corrected chi connectivity index (χ0v) is 38.3. The van der Waals surface area contributed by atoms with Crippen molar-refractivity contribution in [3.63, 3.8) is 0 Å². The lowest BCUT2D eigenvalue weighted by Crippen LogP contribution is -2.51. The highest BCUT2D eigenvalue weighted by Crippen LogP contribution is 2.42. The fourth-order valence-electron chi connectivity index (χ4n) is 7.97. The van der Waals surface area contributed by atoms with Crippen molar-refractivity contribution in [3.8, 4) is 34.0 Å². The Bertz CT molecular complexity index is 2550. The number of sulfonamides is 1. The molecule has 7 rings (SSSR count). The Labute approximate surface area is 378 Å². The van der Waals surface area contributed by atoms with E-state index in [0.717, 1.165) is 6.07 Å². The van der Waals surface area contributed by atoms with Gasteiger partial charge in [0.05, 0.1) is 48.8 Å². The van der Waals surface area contributed by atoms with Crippen molar-refractivity contribution in [3.05, 3.63) is 108 Å². The number of carbonyl (C=O) groups is 1. The minimum absolute atomic E-state index is 0.0334. The van der Waals surface area contributed by atoms with Gasteiger partial charge >= 0.3 is 6.09 Å². The Hall–Kier alpha value is -5.53. The number of aliphatic hydroxyl groups is 1. The summed E-state index contributed by atoms with van der Waals surface area (Å²) in [6.07, 6.45) is -1.99. The second-order valence-electron chi connectivity index (χ2n) is 17.9. The summed E-state index contributed by atoms with van der Waals surface area (Å²) in [6, 6.07) is 20.7. The van der Waals surface area contributed by atoms with Crippen molar-refractivity contribution in [2.75, 3.05) is 33.4 Å². The van der Waals surface area contributed by atoms with Gasteiger partial charge in [-0.15, -0.1) is 10.2 Å². The summed E-state index contributed by atoms with van der Waals surface area (Å²) in [5.74, 6) is -1.23. The van der Waals surface area contributed by atoms with Gasteiger partial charge in [-0.3, -0.25) is 0 Å². The molecule has 1 aromatic heterocycles. The number of aromatic nitrogens is 4. The zero-order chi connectivity index (χ0) is 46.7. The number of tetrazole rings is 1. The largest absolute Gasteiger partial charge is 0.497 e. The summed E-state index contributed by atoms with van der Waals surface area (Å²) in [5.41, 5.74) is 2.15. The number of hydrogen-bond donors (Lipinski definition) is 2. The van der Waals surface area contributed by atoms with Crippen molar-refractivity contribution in [1.29, 1.82) is 0 Å². The van der Waals surface area contributed by atoms with Gasteiger partial charge in [-0.1, -0.05) is 38.1 Å². The standard InChI is InChI=1S/C47H56F2N6O9S/c1-29(2)25-54(65(58,59)36-17-15-34(60-7)16-18-36)26-42(56)41(50-45(57)64-43-28-63-47(6)39(43)20-21-62-47)22-30-8-13-35(14-9-30)61-27-32-11-10-31(37-19-12-33(48)24-40(37)49)23-38(32)44-51-53-55(52-44)46(3,4)5/h8-19,23-24,29,39,41-43,56H,20-22,25-28H2,1-7H3,(H,50,57)/t39-,41-,42+,43-,47+/m0/s1. The molecule has 2 fully saturated rings. The van der Waals surface area contributed by atoms with E-state index >= 15 is 0 Å². The van der Waals surface area contributed by atoms with Crippen LogP contribution in [-0.2, 0) is 42.8 Å². The second-order valence-corrected chi connectivity index (χ2v) is 19.9. The fourth-order valence-corrected chi connectivity index (χ4v) is 9.59. The molecule has 0 bridgehead atoms. The number of benzene rings is 4. The van der Waals surface area contributed by atoms with Gasteiger partial charge in [-0.2, -0.15) is 9.10 Å². The number of nitrogens with zero attached hydrogens (tertiary/aromatic N) is 5. The van der Waals surface area contributed by atoms with Crippen LogP contribution in [0, 0.1) is 23.5 Å². The molecule has 0 unspecified atom stereocenters. The van der Waals surface area contributed by atoms with E-state index in [4.69, 9.17) is 23.7 Å². The molecule has 5 atom stereocenters. The molecule has 4 aromatic carbocycles. The lowest BCUT2D eigenvalue weighted by molar-refractivity contribution is -0.181. The van der Waals surface area contributed by atoms with Crippen LogP contribution in [-0.4, -0.2) is 102 Å². The zero-order valence-electron chi connectivity index (χ0n) is 37.5.